The number of nitrogens with one attached hydrogen (secondary N) is 1. The van der Waals surface area contributed by atoms with Gasteiger partial charge in [0.15, 0.2) is 5.76 Å². The Kier molecular flexibility index (Phi) is 4.38. The maximum Gasteiger partial charge on any atom is 0.241 e. The molecular weight excluding hydrogens is 368 g/mol. The van der Waals surface area contributed by atoms with Crippen molar-refractivity contribution in [2.45, 2.75) is 13.1 Å². The molecule has 0 aliphatic carbocycles. The zero-order chi connectivity index (χ0) is 19.6. The van der Waals surface area contributed by atoms with E-state index in [9.17, 15) is 0 Å². The normalized spacial score (nSPS) is 11.5. The van der Waals surface area contributed by atoms with Crippen LogP contribution < -0.4 is 0 Å². The van der Waals surface area contributed by atoms with Crippen LogP contribution in [0.15, 0.2) is 70.0 Å². The van der Waals surface area contributed by atoms with Crippen molar-refractivity contribution in [2.75, 3.05) is 7.05 Å². The van der Waals surface area contributed by atoms with E-state index >= 15 is 0 Å². The molecule has 8 heteroatoms. The van der Waals surface area contributed by atoms with Gasteiger partial charge in [-0.2, -0.15) is 10.1 Å². The molecule has 4 heterocycles. The predicted octanol–water partition coefficient (Wildman–Crippen LogP) is 3.90. The number of para-hydroxylation sites is 1. The lowest BCUT2D eigenvalue weighted by Crippen LogP contribution is -2.17. The second kappa shape index (κ2) is 7.33. The van der Waals surface area contributed by atoms with Crippen molar-refractivity contribution in [1.29, 1.82) is 0 Å². The van der Waals surface area contributed by atoms with Crippen molar-refractivity contribution in [1.82, 2.24) is 30.2 Å². The van der Waals surface area contributed by atoms with Gasteiger partial charge in [-0.05, 0) is 31.3 Å². The second-order valence-corrected chi connectivity index (χ2v) is 6.84. The summed E-state index contributed by atoms with van der Waals surface area (Å²) in [6.45, 7) is 1.16. The van der Waals surface area contributed by atoms with Crippen LogP contribution in [0.4, 0.5) is 0 Å². The minimum absolute atomic E-state index is 0.512. The molecule has 5 aromatic rings. The Labute approximate surface area is 166 Å². The zero-order valence-corrected chi connectivity index (χ0v) is 15.7. The third kappa shape index (κ3) is 3.53. The number of rotatable bonds is 6. The van der Waals surface area contributed by atoms with Crippen molar-refractivity contribution >= 4 is 11.0 Å². The van der Waals surface area contributed by atoms with Crippen molar-refractivity contribution in [3.63, 3.8) is 0 Å². The van der Waals surface area contributed by atoms with Gasteiger partial charge < -0.3 is 8.94 Å². The number of benzene rings is 1. The first-order valence-corrected chi connectivity index (χ1v) is 9.19. The summed E-state index contributed by atoms with van der Waals surface area (Å²) in [5.74, 6) is 1.84. The molecule has 0 radical (unpaired) electrons. The third-order valence-corrected chi connectivity index (χ3v) is 4.62. The van der Waals surface area contributed by atoms with Crippen molar-refractivity contribution in [3.8, 4) is 22.8 Å². The monoisotopic (exact) mass is 386 g/mol. The van der Waals surface area contributed by atoms with Gasteiger partial charge in [0.1, 0.15) is 11.3 Å². The molecule has 5 rings (SSSR count). The summed E-state index contributed by atoms with van der Waals surface area (Å²) in [6.07, 6.45) is 5.24. The molecule has 0 atom stereocenters. The van der Waals surface area contributed by atoms with Gasteiger partial charge in [-0.25, -0.2) is 0 Å². The van der Waals surface area contributed by atoms with Gasteiger partial charge in [0.25, 0.3) is 0 Å². The molecule has 4 aromatic heterocycles. The molecule has 0 saturated carbocycles. The first-order valence-electron chi connectivity index (χ1n) is 9.19. The Balaban J connectivity index is 1.31. The Hall–Kier alpha value is -3.78. The van der Waals surface area contributed by atoms with Crippen LogP contribution in [0, 0.1) is 0 Å². The Morgan fingerprint density at radius 1 is 1.07 bits per heavy atom. The molecule has 0 aliphatic rings. The largest absolute Gasteiger partial charge is 0.454 e. The fourth-order valence-corrected chi connectivity index (χ4v) is 3.26. The number of aromatic nitrogens is 5. The number of hydrogen-bond donors (Lipinski definition) is 1. The van der Waals surface area contributed by atoms with Crippen molar-refractivity contribution in [2.24, 2.45) is 0 Å². The summed E-state index contributed by atoms with van der Waals surface area (Å²) in [4.78, 5) is 10.6. The first kappa shape index (κ1) is 17.3. The van der Waals surface area contributed by atoms with Gasteiger partial charge in [-0.15, -0.1) is 0 Å². The SMILES string of the molecule is CN(Cc1nc(-c2cccnc2)no1)Cc1cn[nH]c1-c1cc2ccccc2o1. The average molecular weight is 386 g/mol. The second-order valence-electron chi connectivity index (χ2n) is 6.84. The Bertz CT molecular complexity index is 1210. The minimum Gasteiger partial charge on any atom is -0.454 e. The predicted molar refractivity (Wildman–Crippen MR) is 106 cm³/mol. The topological polar surface area (TPSA) is 96.9 Å². The maximum atomic E-state index is 5.97. The summed E-state index contributed by atoms with van der Waals surface area (Å²) in [5.41, 5.74) is 3.57. The molecular formula is C21H18N6O2. The number of pyridine rings is 1. The molecule has 1 aromatic carbocycles. The van der Waals surface area contributed by atoms with Crippen LogP contribution in [-0.2, 0) is 13.1 Å². The van der Waals surface area contributed by atoms with Crippen LogP contribution in [0.1, 0.15) is 11.5 Å². The van der Waals surface area contributed by atoms with E-state index in [4.69, 9.17) is 8.94 Å². The van der Waals surface area contributed by atoms with Crippen LogP contribution in [0.25, 0.3) is 33.8 Å². The van der Waals surface area contributed by atoms with Gasteiger partial charge in [-0.1, -0.05) is 23.4 Å². The standard InChI is InChI=1S/C21H18N6O2/c1-27(13-19-24-21(26-29-19)15-6-4-8-22-10-15)12-16-11-23-25-20(16)18-9-14-5-2-3-7-17(14)28-18/h2-11H,12-13H2,1H3,(H,23,25). The van der Waals surface area contributed by atoms with E-state index in [1.807, 2.05) is 55.7 Å². The van der Waals surface area contributed by atoms with Crippen LogP contribution in [0.2, 0.25) is 0 Å². The van der Waals surface area contributed by atoms with Gasteiger partial charge in [0, 0.05) is 35.5 Å². The van der Waals surface area contributed by atoms with E-state index in [0.717, 1.165) is 33.6 Å². The lowest BCUT2D eigenvalue weighted by Gasteiger charge is -2.13. The summed E-state index contributed by atoms with van der Waals surface area (Å²) >= 11 is 0. The Morgan fingerprint density at radius 3 is 2.86 bits per heavy atom. The number of H-pyrrole nitrogens is 1. The van der Waals surface area contributed by atoms with Crippen LogP contribution in [-0.4, -0.2) is 37.3 Å². The van der Waals surface area contributed by atoms with Crippen LogP contribution in [0.3, 0.4) is 0 Å². The summed E-state index contributed by atoms with van der Waals surface area (Å²) in [5, 5.41) is 12.4. The highest BCUT2D eigenvalue weighted by Gasteiger charge is 2.16. The molecule has 1 N–H and O–H groups in total. The zero-order valence-electron chi connectivity index (χ0n) is 15.7. The molecule has 0 unspecified atom stereocenters. The number of aromatic amines is 1. The summed E-state index contributed by atoms with van der Waals surface area (Å²) < 4.78 is 11.4. The van der Waals surface area contributed by atoms with E-state index < -0.39 is 0 Å². The first-order chi connectivity index (χ1) is 14.3. The molecule has 0 aliphatic heterocycles. The minimum atomic E-state index is 0.512. The van der Waals surface area contributed by atoms with E-state index in [0.29, 0.717) is 24.8 Å². The molecule has 29 heavy (non-hydrogen) atoms. The third-order valence-electron chi connectivity index (χ3n) is 4.62. The number of fused-ring (bicyclic) bond motifs is 1. The summed E-state index contributed by atoms with van der Waals surface area (Å²) in [7, 11) is 1.99. The van der Waals surface area contributed by atoms with Crippen LogP contribution >= 0.6 is 0 Å². The van der Waals surface area contributed by atoms with Crippen molar-refractivity contribution in [3.05, 3.63) is 72.5 Å². The van der Waals surface area contributed by atoms with Gasteiger partial charge in [0.05, 0.1) is 12.7 Å². The highest BCUT2D eigenvalue weighted by atomic mass is 16.5. The lowest BCUT2D eigenvalue weighted by atomic mass is 10.2. The smallest absolute Gasteiger partial charge is 0.241 e. The highest BCUT2D eigenvalue weighted by molar-refractivity contribution is 5.82. The molecule has 0 spiro atoms. The lowest BCUT2D eigenvalue weighted by molar-refractivity contribution is 0.261. The number of furan rings is 1. The number of hydrogen-bond acceptors (Lipinski definition) is 7. The number of nitrogens with zero attached hydrogens (tertiary/aromatic N) is 5. The van der Waals surface area contributed by atoms with Crippen molar-refractivity contribution < 1.29 is 8.94 Å². The highest BCUT2D eigenvalue weighted by Crippen LogP contribution is 2.29. The quantitative estimate of drug-likeness (QED) is 0.473. The maximum absolute atomic E-state index is 5.97. The molecule has 0 amide bonds. The van der Waals surface area contributed by atoms with E-state index in [2.05, 4.69) is 30.2 Å². The fourth-order valence-electron chi connectivity index (χ4n) is 3.26. The average Bonchev–Trinajstić information content (AvgIpc) is 3.47. The molecule has 144 valence electrons. The molecule has 8 nitrogen and oxygen atoms in total. The van der Waals surface area contributed by atoms with Gasteiger partial charge in [0.2, 0.25) is 11.7 Å². The fraction of sp³-hybridized carbons (Fsp3) is 0.143. The molecule has 0 saturated heterocycles. The Morgan fingerprint density at radius 2 is 2.00 bits per heavy atom. The van der Waals surface area contributed by atoms with E-state index in [-0.39, 0.29) is 0 Å². The molecule has 0 bridgehead atoms. The molecule has 0 fully saturated rings. The van der Waals surface area contributed by atoms with E-state index in [1.165, 1.54) is 0 Å². The van der Waals surface area contributed by atoms with Gasteiger partial charge in [-0.3, -0.25) is 15.0 Å². The van der Waals surface area contributed by atoms with E-state index in [1.54, 1.807) is 12.4 Å². The summed E-state index contributed by atoms with van der Waals surface area (Å²) in [6, 6.07) is 13.7. The van der Waals surface area contributed by atoms with Gasteiger partial charge >= 0.3 is 0 Å². The van der Waals surface area contributed by atoms with Crippen LogP contribution in [0.5, 0.6) is 0 Å².